The van der Waals surface area contributed by atoms with E-state index < -0.39 is 11.6 Å². The maximum Gasteiger partial charge on any atom is 0.304 e. The molecule has 2 aliphatic heterocycles. The summed E-state index contributed by atoms with van der Waals surface area (Å²) in [5.41, 5.74) is 1.48. The molecule has 7 nitrogen and oxygen atoms in total. The topological polar surface area (TPSA) is 83.9 Å². The number of pyridine rings is 1. The van der Waals surface area contributed by atoms with Crippen molar-refractivity contribution in [2.24, 2.45) is 5.92 Å². The van der Waals surface area contributed by atoms with Crippen molar-refractivity contribution in [2.75, 3.05) is 51.8 Å². The number of nitrogens with one attached hydrogen (secondary N) is 1. The van der Waals surface area contributed by atoms with Gasteiger partial charge in [0.25, 0.3) is 0 Å². The van der Waals surface area contributed by atoms with Gasteiger partial charge in [-0.05, 0) is 68.4 Å². The van der Waals surface area contributed by atoms with E-state index in [0.29, 0.717) is 56.9 Å². The number of anilines is 1. The lowest BCUT2D eigenvalue weighted by Crippen LogP contribution is -2.33. The molecule has 1 saturated heterocycles. The number of carboxylic acids is 1. The third-order valence-electron chi connectivity index (χ3n) is 6.80. The second-order valence-corrected chi connectivity index (χ2v) is 9.73. The van der Waals surface area contributed by atoms with Gasteiger partial charge in [-0.1, -0.05) is 18.7 Å². The first kappa shape index (κ1) is 27.9. The fraction of sp³-hybridized carbons (Fsp3) is 0.571. The average molecular weight is 502 g/mol. The number of hydrogen-bond acceptors (Lipinski definition) is 6. The molecule has 3 rings (SSSR count). The molecule has 2 aliphatic rings. The Hall–Kier alpha value is -2.71. The van der Waals surface area contributed by atoms with Crippen LogP contribution in [0.15, 0.2) is 48.3 Å². The number of aryl methyl sites for hydroxylation is 2. The number of nitrogens with zero attached hydrogens (tertiary/aromatic N) is 2. The van der Waals surface area contributed by atoms with Crippen molar-refractivity contribution in [2.45, 2.75) is 51.1 Å². The molecular weight excluding hydrogens is 461 g/mol. The third-order valence-corrected chi connectivity index (χ3v) is 6.80. The number of aliphatic carboxylic acids is 1. The largest absolute Gasteiger partial charge is 0.491 e. The van der Waals surface area contributed by atoms with E-state index in [1.54, 1.807) is 13.2 Å². The van der Waals surface area contributed by atoms with Crippen LogP contribution in [0.25, 0.3) is 0 Å². The molecule has 2 N–H and O–H groups in total. The predicted molar refractivity (Wildman–Crippen MR) is 140 cm³/mol. The Morgan fingerprint density at radius 2 is 2.25 bits per heavy atom. The Kier molecular flexibility index (Phi) is 10.5. The molecule has 1 aromatic heterocycles. The minimum absolute atomic E-state index is 0.0711. The Morgan fingerprint density at radius 3 is 3.00 bits per heavy atom. The van der Waals surface area contributed by atoms with Crippen molar-refractivity contribution in [3.8, 4) is 0 Å². The highest BCUT2D eigenvalue weighted by atomic mass is 19.1. The van der Waals surface area contributed by atoms with E-state index in [1.807, 2.05) is 30.0 Å². The summed E-state index contributed by atoms with van der Waals surface area (Å²) in [5, 5.41) is 12.8. The molecule has 1 fully saturated rings. The molecule has 0 bridgehead atoms. The van der Waals surface area contributed by atoms with E-state index in [2.05, 4.69) is 18.0 Å². The maximum atomic E-state index is 15.7. The highest BCUT2D eigenvalue weighted by Gasteiger charge is 2.39. The van der Waals surface area contributed by atoms with Gasteiger partial charge < -0.3 is 19.9 Å². The van der Waals surface area contributed by atoms with E-state index in [0.717, 1.165) is 30.9 Å². The summed E-state index contributed by atoms with van der Waals surface area (Å²) in [7, 11) is 1.60. The van der Waals surface area contributed by atoms with Crippen LogP contribution in [0.5, 0.6) is 0 Å². The number of ether oxygens (including phenoxy) is 2. The van der Waals surface area contributed by atoms with Crippen molar-refractivity contribution < 1.29 is 23.8 Å². The Bertz CT molecular complexity index is 964. The summed E-state index contributed by atoms with van der Waals surface area (Å²) >= 11 is 0. The number of hydrogen-bond donors (Lipinski definition) is 2. The van der Waals surface area contributed by atoms with Gasteiger partial charge in [0, 0.05) is 44.9 Å². The van der Waals surface area contributed by atoms with Gasteiger partial charge in [-0.2, -0.15) is 0 Å². The molecule has 0 aromatic carbocycles. The lowest BCUT2D eigenvalue weighted by Gasteiger charge is -2.25. The molecular formula is C28H40FN3O4. The van der Waals surface area contributed by atoms with Crippen molar-refractivity contribution in [3.63, 3.8) is 0 Å². The van der Waals surface area contributed by atoms with Crippen LogP contribution >= 0.6 is 0 Å². The van der Waals surface area contributed by atoms with Crippen LogP contribution in [0, 0.1) is 5.92 Å². The average Bonchev–Trinajstić information content (AvgIpc) is 3.23. The van der Waals surface area contributed by atoms with E-state index in [-0.39, 0.29) is 18.9 Å². The van der Waals surface area contributed by atoms with Gasteiger partial charge in [0.1, 0.15) is 23.9 Å². The number of aromatic nitrogens is 1. The predicted octanol–water partition coefficient (Wildman–Crippen LogP) is 4.56. The first-order valence-corrected chi connectivity index (χ1v) is 12.8. The standard InChI is InChI=1S/C28H40FN3O4/c1-4-6-25(36-16-15-35-3)17-21(2)23(18-26(33)34)19-32-14-12-28(29,20-32)11-10-24-9-8-22-7-5-13-30-27(22)31-24/h4,6,8-9,17,23H,2,5,7,10-16,18-20H2,1,3H3,(H,30,31)(H,33,34)/b6-4-,25-17+/t23-,28+/m1/s1. The van der Waals surface area contributed by atoms with Gasteiger partial charge in [0.15, 0.2) is 0 Å². The fourth-order valence-corrected chi connectivity index (χ4v) is 4.82. The van der Waals surface area contributed by atoms with Gasteiger partial charge in [-0.15, -0.1) is 0 Å². The highest BCUT2D eigenvalue weighted by molar-refractivity contribution is 5.67. The summed E-state index contributed by atoms with van der Waals surface area (Å²) in [6.07, 6.45) is 8.93. The zero-order chi connectivity index (χ0) is 26.0. The minimum Gasteiger partial charge on any atom is -0.491 e. The van der Waals surface area contributed by atoms with Crippen molar-refractivity contribution in [3.05, 3.63) is 59.5 Å². The van der Waals surface area contributed by atoms with Crippen LogP contribution in [0.3, 0.4) is 0 Å². The van der Waals surface area contributed by atoms with Crippen LogP contribution in [-0.2, 0) is 27.1 Å². The zero-order valence-corrected chi connectivity index (χ0v) is 21.6. The number of methoxy groups -OCH3 is 1. The zero-order valence-electron chi connectivity index (χ0n) is 21.6. The quantitative estimate of drug-likeness (QED) is 0.220. The number of halogens is 1. The molecule has 198 valence electrons. The van der Waals surface area contributed by atoms with Gasteiger partial charge in [-0.25, -0.2) is 9.37 Å². The van der Waals surface area contributed by atoms with Gasteiger partial charge in [-0.3, -0.25) is 9.69 Å². The minimum atomic E-state index is -1.31. The van der Waals surface area contributed by atoms with Crippen molar-refractivity contribution >= 4 is 11.8 Å². The van der Waals surface area contributed by atoms with Gasteiger partial charge in [0.05, 0.1) is 13.0 Å². The van der Waals surface area contributed by atoms with E-state index in [1.165, 1.54) is 5.56 Å². The molecule has 0 saturated carbocycles. The first-order chi connectivity index (χ1) is 17.3. The Morgan fingerprint density at radius 1 is 1.42 bits per heavy atom. The maximum absolute atomic E-state index is 15.7. The lowest BCUT2D eigenvalue weighted by atomic mass is 9.95. The number of allylic oxidation sites excluding steroid dienone is 3. The highest BCUT2D eigenvalue weighted by Crippen LogP contribution is 2.32. The molecule has 0 unspecified atom stereocenters. The smallest absolute Gasteiger partial charge is 0.304 e. The molecule has 0 aliphatic carbocycles. The molecule has 8 heteroatoms. The number of fused-ring (bicyclic) bond motifs is 1. The molecule has 3 heterocycles. The van der Waals surface area contributed by atoms with Crippen LogP contribution in [-0.4, -0.2) is 73.1 Å². The van der Waals surface area contributed by atoms with Crippen molar-refractivity contribution in [1.29, 1.82) is 0 Å². The molecule has 1 aromatic rings. The van der Waals surface area contributed by atoms with Crippen LogP contribution in [0.1, 0.15) is 43.9 Å². The van der Waals surface area contributed by atoms with E-state index >= 15 is 4.39 Å². The normalized spacial score (nSPS) is 21.2. The molecule has 0 amide bonds. The van der Waals surface area contributed by atoms with E-state index in [4.69, 9.17) is 14.5 Å². The summed E-state index contributed by atoms with van der Waals surface area (Å²) in [6, 6.07) is 4.12. The monoisotopic (exact) mass is 501 g/mol. The summed E-state index contributed by atoms with van der Waals surface area (Å²) < 4.78 is 26.5. The Balaban J connectivity index is 1.58. The first-order valence-electron chi connectivity index (χ1n) is 12.8. The van der Waals surface area contributed by atoms with E-state index in [9.17, 15) is 9.90 Å². The van der Waals surface area contributed by atoms with Gasteiger partial charge in [0.2, 0.25) is 0 Å². The second kappa shape index (κ2) is 13.6. The molecule has 36 heavy (non-hydrogen) atoms. The molecule has 0 radical (unpaired) electrons. The summed E-state index contributed by atoms with van der Waals surface area (Å²) in [6.45, 7) is 9.09. The van der Waals surface area contributed by atoms with Gasteiger partial charge >= 0.3 is 5.97 Å². The number of likely N-dealkylation sites (tertiary alicyclic amines) is 1. The second-order valence-electron chi connectivity index (χ2n) is 9.73. The summed E-state index contributed by atoms with van der Waals surface area (Å²) in [4.78, 5) is 18.3. The molecule has 0 spiro atoms. The number of rotatable bonds is 14. The molecule has 2 atom stereocenters. The van der Waals surface area contributed by atoms with Crippen LogP contribution in [0.2, 0.25) is 0 Å². The SMILES string of the molecule is C=C(/C=C(\C=C/C)OCCOC)[C@H](CC(=O)O)CN1CC[C@@](F)(CCc2ccc3c(n2)NCCC3)C1. The van der Waals surface area contributed by atoms with Crippen molar-refractivity contribution in [1.82, 2.24) is 9.88 Å². The van der Waals surface area contributed by atoms with Crippen LogP contribution in [0.4, 0.5) is 10.2 Å². The fourth-order valence-electron chi connectivity index (χ4n) is 4.82. The number of carbonyl (C=O) groups is 1. The number of carboxylic acid groups (broad SMARTS) is 1. The van der Waals surface area contributed by atoms with Crippen LogP contribution < -0.4 is 5.32 Å². The number of alkyl halides is 1. The summed E-state index contributed by atoms with van der Waals surface area (Å²) in [5.74, 6) is 0.291. The lowest BCUT2D eigenvalue weighted by molar-refractivity contribution is -0.137. The third kappa shape index (κ3) is 8.45. The Labute approximate surface area is 214 Å².